The van der Waals surface area contributed by atoms with Crippen molar-refractivity contribution in [2.24, 2.45) is 23.5 Å². The molecule has 1 aromatic rings. The third-order valence-corrected chi connectivity index (χ3v) is 10.1. The number of aromatic hydroxyl groups is 1. The Labute approximate surface area is 244 Å². The van der Waals surface area contributed by atoms with Crippen LogP contribution in [0.25, 0.3) is 0 Å². The summed E-state index contributed by atoms with van der Waals surface area (Å²) < 4.78 is 5.89. The Hall–Kier alpha value is -3.41. The van der Waals surface area contributed by atoms with Crippen molar-refractivity contribution in [2.75, 3.05) is 27.7 Å². The predicted molar refractivity (Wildman–Crippen MR) is 151 cm³/mol. The zero-order valence-corrected chi connectivity index (χ0v) is 24.2. The molecule has 0 saturated heterocycles. The topological polar surface area (TPSA) is 174 Å². The third kappa shape index (κ3) is 4.16. The maximum absolute atomic E-state index is 14.0. The number of aliphatic hydroxyl groups is 3. The van der Waals surface area contributed by atoms with Gasteiger partial charge in [0.15, 0.2) is 11.4 Å². The van der Waals surface area contributed by atoms with Gasteiger partial charge in [-0.15, -0.1) is 0 Å². The quantitative estimate of drug-likeness (QED) is 0.285. The molecule has 0 unspecified atom stereocenters. The fourth-order valence-corrected chi connectivity index (χ4v) is 7.68. The second kappa shape index (κ2) is 10.1. The van der Waals surface area contributed by atoms with Crippen LogP contribution in [0.5, 0.6) is 11.5 Å². The molecule has 0 heterocycles. The summed E-state index contributed by atoms with van der Waals surface area (Å²) in [5, 5.41) is 45.4. The number of amides is 1. The number of methoxy groups -OCH3 is 1. The minimum Gasteiger partial charge on any atom is -0.510 e. The number of rotatable bonds is 8. The highest BCUT2D eigenvalue weighted by molar-refractivity contribution is 6.24. The molecule has 1 aromatic carbocycles. The number of Topliss-reactive ketones (excluding diaryl/α,β-unsaturated/α-hetero) is 2. The Morgan fingerprint density at radius 3 is 2.38 bits per heavy atom. The summed E-state index contributed by atoms with van der Waals surface area (Å²) in [6.45, 7) is 1.56. The summed E-state index contributed by atoms with van der Waals surface area (Å²) in [7, 11) is 4.75. The second-order valence-corrected chi connectivity index (χ2v) is 12.9. The van der Waals surface area contributed by atoms with Gasteiger partial charge >= 0.3 is 0 Å². The van der Waals surface area contributed by atoms with E-state index in [2.05, 4.69) is 4.90 Å². The molecular formula is C31H39N3O8. The number of primary amides is 1. The molecule has 0 aromatic heterocycles. The van der Waals surface area contributed by atoms with Crippen molar-refractivity contribution in [3.05, 3.63) is 45.4 Å². The maximum Gasteiger partial charge on any atom is 0.255 e. The van der Waals surface area contributed by atoms with Crippen molar-refractivity contribution in [3.8, 4) is 11.5 Å². The number of hydrogen-bond donors (Lipinski definition) is 5. The lowest BCUT2D eigenvalue weighted by Gasteiger charge is -2.50. The molecule has 0 bridgehead atoms. The molecule has 11 heteroatoms. The number of fused-ring (bicyclic) bond motifs is 3. The van der Waals surface area contributed by atoms with Crippen LogP contribution in [-0.4, -0.2) is 93.1 Å². The average molecular weight is 582 g/mol. The number of ether oxygens (including phenoxy) is 1. The van der Waals surface area contributed by atoms with Crippen molar-refractivity contribution >= 4 is 17.5 Å². The van der Waals surface area contributed by atoms with E-state index in [9.17, 15) is 34.8 Å². The highest BCUT2D eigenvalue weighted by atomic mass is 16.5. The van der Waals surface area contributed by atoms with Crippen LogP contribution < -0.4 is 10.5 Å². The lowest BCUT2D eigenvalue weighted by atomic mass is 9.58. The molecule has 2 fully saturated rings. The van der Waals surface area contributed by atoms with E-state index in [4.69, 9.17) is 10.5 Å². The second-order valence-electron chi connectivity index (χ2n) is 12.9. The molecule has 0 radical (unpaired) electrons. The first kappa shape index (κ1) is 28.7. The van der Waals surface area contributed by atoms with Gasteiger partial charge in [0.2, 0.25) is 5.78 Å². The summed E-state index contributed by atoms with van der Waals surface area (Å²) in [5.41, 5.74) is 3.01. The largest absolute Gasteiger partial charge is 0.510 e. The SMILES string of the molecule is COc1c(CN(CC2CC2)C2CCC2)cc(O)c2c1C[C@H]1C[C@H]3[C@H](N(C)C)C(O)=C(C(N)=O)C(=O)[C@@]3(O)C(O)=C1C2=O. The zero-order valence-electron chi connectivity index (χ0n) is 24.2. The maximum atomic E-state index is 14.0. The molecule has 4 atom stereocenters. The van der Waals surface area contributed by atoms with Crippen LogP contribution in [0.3, 0.4) is 0 Å². The first-order chi connectivity index (χ1) is 19.9. The van der Waals surface area contributed by atoms with Crippen LogP contribution in [0.4, 0.5) is 0 Å². The van der Waals surface area contributed by atoms with Crippen molar-refractivity contribution in [1.82, 2.24) is 9.80 Å². The van der Waals surface area contributed by atoms with Gasteiger partial charge < -0.3 is 30.9 Å². The minimum atomic E-state index is -2.66. The van der Waals surface area contributed by atoms with Crippen molar-refractivity contribution in [3.63, 3.8) is 0 Å². The first-order valence-electron chi connectivity index (χ1n) is 14.7. The van der Waals surface area contributed by atoms with Crippen LogP contribution in [0.2, 0.25) is 0 Å². The molecule has 5 aliphatic carbocycles. The Morgan fingerprint density at radius 1 is 1.14 bits per heavy atom. The fourth-order valence-electron chi connectivity index (χ4n) is 7.68. The molecule has 226 valence electrons. The molecule has 5 aliphatic rings. The number of nitrogens with two attached hydrogens (primary N) is 1. The monoisotopic (exact) mass is 581 g/mol. The van der Waals surface area contributed by atoms with Crippen LogP contribution in [0.15, 0.2) is 28.7 Å². The molecular weight excluding hydrogens is 542 g/mol. The molecule has 11 nitrogen and oxygen atoms in total. The predicted octanol–water partition coefficient (Wildman–Crippen LogP) is 1.89. The van der Waals surface area contributed by atoms with Gasteiger partial charge in [0.1, 0.15) is 28.6 Å². The van der Waals surface area contributed by atoms with E-state index in [1.807, 2.05) is 0 Å². The van der Waals surface area contributed by atoms with Crippen LogP contribution in [0.1, 0.15) is 60.0 Å². The van der Waals surface area contributed by atoms with E-state index in [-0.39, 0.29) is 29.7 Å². The molecule has 0 aliphatic heterocycles. The lowest BCUT2D eigenvalue weighted by Crippen LogP contribution is -2.63. The number of benzene rings is 1. The van der Waals surface area contributed by atoms with Gasteiger partial charge in [-0.25, -0.2) is 0 Å². The van der Waals surface area contributed by atoms with E-state index in [1.165, 1.54) is 31.3 Å². The third-order valence-electron chi connectivity index (χ3n) is 10.1. The van der Waals surface area contributed by atoms with E-state index in [0.717, 1.165) is 24.9 Å². The molecule has 1 amide bonds. The average Bonchev–Trinajstić information content (AvgIpc) is 3.69. The van der Waals surface area contributed by atoms with Gasteiger partial charge in [-0.2, -0.15) is 0 Å². The van der Waals surface area contributed by atoms with Crippen LogP contribution in [-0.2, 0) is 22.6 Å². The number of carbonyl (C=O) groups is 3. The van der Waals surface area contributed by atoms with Gasteiger partial charge in [-0.05, 0) is 70.5 Å². The van der Waals surface area contributed by atoms with Gasteiger partial charge in [0.25, 0.3) is 5.91 Å². The van der Waals surface area contributed by atoms with Crippen molar-refractivity contribution < 1.29 is 39.5 Å². The summed E-state index contributed by atoms with van der Waals surface area (Å²) >= 11 is 0. The summed E-state index contributed by atoms with van der Waals surface area (Å²) in [5.74, 6) is -5.44. The number of likely N-dealkylation sites (N-methyl/N-ethyl adjacent to an activating group) is 1. The van der Waals surface area contributed by atoms with E-state index in [1.54, 1.807) is 20.2 Å². The highest BCUT2D eigenvalue weighted by Gasteiger charge is 2.63. The van der Waals surface area contributed by atoms with Gasteiger partial charge in [0, 0.05) is 41.7 Å². The highest BCUT2D eigenvalue weighted by Crippen LogP contribution is 2.53. The number of nitrogens with zero attached hydrogens (tertiary/aromatic N) is 2. The van der Waals surface area contributed by atoms with Gasteiger partial charge in [-0.1, -0.05) is 6.42 Å². The van der Waals surface area contributed by atoms with Crippen molar-refractivity contribution in [1.29, 1.82) is 0 Å². The van der Waals surface area contributed by atoms with Gasteiger partial charge in [-0.3, -0.25) is 24.2 Å². The first-order valence-corrected chi connectivity index (χ1v) is 14.7. The van der Waals surface area contributed by atoms with E-state index >= 15 is 0 Å². The Bertz CT molecular complexity index is 1440. The molecule has 6 N–H and O–H groups in total. The molecule has 2 saturated carbocycles. The Balaban J connectivity index is 1.44. The smallest absolute Gasteiger partial charge is 0.255 e. The summed E-state index contributed by atoms with van der Waals surface area (Å²) in [6, 6.07) is 0.998. The fraction of sp³-hybridized carbons (Fsp3) is 0.581. The Kier molecular flexibility index (Phi) is 6.90. The number of phenolic OH excluding ortho intramolecular Hbond substituents is 1. The summed E-state index contributed by atoms with van der Waals surface area (Å²) in [6.07, 6.45) is 6.15. The zero-order chi connectivity index (χ0) is 30.2. The number of allylic oxidation sites excluding steroid dienone is 1. The number of ketones is 2. The number of carbonyl (C=O) groups excluding carboxylic acids is 3. The van der Waals surface area contributed by atoms with E-state index in [0.29, 0.717) is 29.8 Å². The van der Waals surface area contributed by atoms with E-state index < -0.39 is 58.0 Å². The lowest BCUT2D eigenvalue weighted by molar-refractivity contribution is -0.148. The van der Waals surface area contributed by atoms with Crippen molar-refractivity contribution in [2.45, 2.75) is 69.2 Å². The summed E-state index contributed by atoms with van der Waals surface area (Å²) in [4.78, 5) is 43.6. The number of aliphatic hydroxyl groups excluding tert-OH is 2. The number of hydrogen-bond acceptors (Lipinski definition) is 10. The molecule has 6 rings (SSSR count). The van der Waals surface area contributed by atoms with Crippen LogP contribution >= 0.6 is 0 Å². The molecule has 0 spiro atoms. The normalized spacial score (nSPS) is 29.4. The molecule has 42 heavy (non-hydrogen) atoms. The van der Waals surface area contributed by atoms with Gasteiger partial charge in [0.05, 0.1) is 18.7 Å². The Morgan fingerprint density at radius 2 is 1.83 bits per heavy atom. The van der Waals surface area contributed by atoms with Crippen LogP contribution in [0, 0.1) is 17.8 Å². The minimum absolute atomic E-state index is 0.0335. The standard InChI is InChI=1S/C31H39N3O8/c1-33(2)24-19-10-15-9-18-22(25(36)21(15)28(38)31(19,41)29(39)23(26(24)37)30(32)40)20(35)11-16(27(18)42-3)13-34(12-14-7-8-14)17-5-4-6-17/h11,14-15,17,19,24,35,37-38,41H,4-10,12-13H2,1-3H3,(H2,32,40)/t15-,19-,24-,31-/m0/s1. The number of phenols is 1.